The van der Waals surface area contributed by atoms with Crippen molar-refractivity contribution in [2.45, 2.75) is 19.9 Å². The molecule has 0 spiro atoms. The van der Waals surface area contributed by atoms with Gasteiger partial charge in [-0.05, 0) is 18.6 Å². The van der Waals surface area contributed by atoms with Crippen molar-refractivity contribution in [3.8, 4) is 0 Å². The molecule has 0 saturated carbocycles. The van der Waals surface area contributed by atoms with Crippen LogP contribution in [0.4, 0.5) is 11.4 Å². The smallest absolute Gasteiger partial charge is 0.292 e. The number of carbonyl (C=O) groups is 1. The van der Waals surface area contributed by atoms with Crippen LogP contribution in [0.25, 0.3) is 0 Å². The summed E-state index contributed by atoms with van der Waals surface area (Å²) in [7, 11) is 0. The first-order valence-electron chi connectivity index (χ1n) is 6.70. The number of hydrogen-bond donors (Lipinski definition) is 1. The van der Waals surface area contributed by atoms with Gasteiger partial charge in [0.15, 0.2) is 0 Å². The predicted molar refractivity (Wildman–Crippen MR) is 84.6 cm³/mol. The first-order valence-corrected chi connectivity index (χ1v) is 7.07. The number of nitro benzene ring substituents is 1. The van der Waals surface area contributed by atoms with Gasteiger partial charge in [-0.3, -0.25) is 24.3 Å². The third-order valence-electron chi connectivity index (χ3n) is 3.04. The summed E-state index contributed by atoms with van der Waals surface area (Å²) >= 11 is 5.78. The number of benzene rings is 1. The number of nitrogens with one attached hydrogen (secondary N) is 1. The predicted octanol–water partition coefficient (Wildman–Crippen LogP) is 2.01. The Morgan fingerprint density at radius 3 is 2.78 bits per heavy atom. The number of carbonyl (C=O) groups excluding carboxylic acids is 1. The Labute approximate surface area is 135 Å². The van der Waals surface area contributed by atoms with E-state index in [0.717, 1.165) is 4.57 Å². The van der Waals surface area contributed by atoms with Crippen molar-refractivity contribution in [3.63, 3.8) is 0 Å². The van der Waals surface area contributed by atoms with E-state index in [0.29, 0.717) is 12.1 Å². The summed E-state index contributed by atoms with van der Waals surface area (Å²) in [5.74, 6) is -0.594. The number of rotatable bonds is 5. The van der Waals surface area contributed by atoms with E-state index in [2.05, 4.69) is 10.3 Å². The average molecular weight is 337 g/mol. The van der Waals surface area contributed by atoms with Crippen LogP contribution in [0.2, 0.25) is 5.02 Å². The van der Waals surface area contributed by atoms with Crippen LogP contribution in [0.1, 0.15) is 12.6 Å². The van der Waals surface area contributed by atoms with E-state index in [9.17, 15) is 19.7 Å². The van der Waals surface area contributed by atoms with Gasteiger partial charge in [-0.2, -0.15) is 0 Å². The fourth-order valence-electron chi connectivity index (χ4n) is 1.89. The Kier molecular flexibility index (Phi) is 5.07. The summed E-state index contributed by atoms with van der Waals surface area (Å²) in [6.45, 7) is 1.55. The molecular formula is C14H13ClN4O4. The molecule has 0 bridgehead atoms. The van der Waals surface area contributed by atoms with Crippen molar-refractivity contribution >= 4 is 28.9 Å². The summed E-state index contributed by atoms with van der Waals surface area (Å²) in [5.41, 5.74) is -0.0574. The molecule has 0 radical (unpaired) electrons. The van der Waals surface area contributed by atoms with Crippen molar-refractivity contribution in [2.24, 2.45) is 0 Å². The molecule has 1 N–H and O–H groups in total. The molecule has 0 unspecified atom stereocenters. The molecule has 1 amide bonds. The van der Waals surface area contributed by atoms with E-state index in [4.69, 9.17) is 11.6 Å². The minimum atomic E-state index is -0.629. The van der Waals surface area contributed by atoms with Gasteiger partial charge in [-0.15, -0.1) is 0 Å². The zero-order chi connectivity index (χ0) is 17.0. The van der Waals surface area contributed by atoms with E-state index in [1.807, 2.05) is 6.92 Å². The topological polar surface area (TPSA) is 107 Å². The first-order chi connectivity index (χ1) is 10.9. The molecule has 2 rings (SSSR count). The van der Waals surface area contributed by atoms with E-state index >= 15 is 0 Å². The van der Waals surface area contributed by atoms with Gasteiger partial charge in [-0.1, -0.05) is 18.5 Å². The number of aromatic nitrogens is 2. The molecule has 120 valence electrons. The Hall–Kier alpha value is -2.74. The van der Waals surface area contributed by atoms with Crippen LogP contribution < -0.4 is 10.9 Å². The summed E-state index contributed by atoms with van der Waals surface area (Å²) in [6.07, 6.45) is 1.88. The van der Waals surface area contributed by atoms with Crippen LogP contribution in [0.3, 0.4) is 0 Å². The van der Waals surface area contributed by atoms with Crippen LogP contribution in [-0.4, -0.2) is 20.4 Å². The lowest BCUT2D eigenvalue weighted by Crippen LogP contribution is -2.28. The molecule has 1 aromatic carbocycles. The summed E-state index contributed by atoms with van der Waals surface area (Å²) < 4.78 is 1.12. The molecule has 23 heavy (non-hydrogen) atoms. The van der Waals surface area contributed by atoms with Gasteiger partial charge in [0, 0.05) is 22.8 Å². The molecule has 1 aromatic heterocycles. The van der Waals surface area contributed by atoms with Gasteiger partial charge in [0.2, 0.25) is 5.91 Å². The normalized spacial score (nSPS) is 10.3. The van der Waals surface area contributed by atoms with Gasteiger partial charge >= 0.3 is 0 Å². The quantitative estimate of drug-likeness (QED) is 0.663. The third-order valence-corrected chi connectivity index (χ3v) is 3.28. The second-order valence-corrected chi connectivity index (χ2v) is 5.10. The van der Waals surface area contributed by atoms with Crippen LogP contribution in [0.5, 0.6) is 0 Å². The first kappa shape index (κ1) is 16.6. The zero-order valence-electron chi connectivity index (χ0n) is 12.2. The number of aryl methyl sites for hydroxylation is 1. The number of amides is 1. The van der Waals surface area contributed by atoms with Gasteiger partial charge < -0.3 is 5.32 Å². The Morgan fingerprint density at radius 1 is 1.43 bits per heavy atom. The second-order valence-electron chi connectivity index (χ2n) is 4.67. The monoisotopic (exact) mass is 336 g/mol. The van der Waals surface area contributed by atoms with E-state index in [-0.39, 0.29) is 28.5 Å². The standard InChI is InChI=1S/C14H13ClN4O4/c1-2-10-6-14(21)18(8-16-10)7-13(20)17-11-5-9(15)3-4-12(11)19(22)23/h3-6,8H,2,7H2,1H3,(H,17,20). The molecule has 0 atom stereocenters. The maximum atomic E-state index is 12.0. The minimum absolute atomic E-state index is 0.0290. The highest BCUT2D eigenvalue weighted by Crippen LogP contribution is 2.27. The van der Waals surface area contributed by atoms with E-state index in [1.54, 1.807) is 0 Å². The summed E-state index contributed by atoms with van der Waals surface area (Å²) in [5, 5.41) is 13.6. The van der Waals surface area contributed by atoms with Crippen molar-refractivity contribution in [2.75, 3.05) is 5.32 Å². The fourth-order valence-corrected chi connectivity index (χ4v) is 2.06. The third kappa shape index (κ3) is 4.13. The molecule has 0 saturated heterocycles. The Balaban J connectivity index is 2.19. The van der Waals surface area contributed by atoms with Crippen molar-refractivity contribution < 1.29 is 9.72 Å². The summed E-state index contributed by atoms with van der Waals surface area (Å²) in [4.78, 5) is 38.2. The SMILES string of the molecule is CCc1cc(=O)n(CC(=O)Nc2cc(Cl)ccc2[N+](=O)[O-])cn1. The van der Waals surface area contributed by atoms with Crippen molar-refractivity contribution in [1.82, 2.24) is 9.55 Å². The van der Waals surface area contributed by atoms with E-state index in [1.165, 1.54) is 30.6 Å². The van der Waals surface area contributed by atoms with Crippen LogP contribution >= 0.6 is 11.6 Å². The van der Waals surface area contributed by atoms with Gasteiger partial charge in [0.1, 0.15) is 12.2 Å². The Bertz CT molecular complexity index is 819. The molecule has 8 nitrogen and oxygen atoms in total. The lowest BCUT2D eigenvalue weighted by molar-refractivity contribution is -0.383. The lowest BCUT2D eigenvalue weighted by atomic mass is 10.2. The fraction of sp³-hybridized carbons (Fsp3) is 0.214. The molecule has 0 aliphatic carbocycles. The number of nitrogens with zero attached hydrogens (tertiary/aromatic N) is 3. The second kappa shape index (κ2) is 7.01. The minimum Gasteiger partial charge on any atom is -0.319 e. The molecule has 0 fully saturated rings. The number of nitro groups is 1. The van der Waals surface area contributed by atoms with Crippen LogP contribution in [-0.2, 0) is 17.8 Å². The van der Waals surface area contributed by atoms with Crippen molar-refractivity contribution in [3.05, 3.63) is 61.8 Å². The van der Waals surface area contributed by atoms with Gasteiger partial charge in [0.05, 0.1) is 11.3 Å². The van der Waals surface area contributed by atoms with Crippen LogP contribution in [0, 0.1) is 10.1 Å². The molecule has 0 aliphatic heterocycles. The van der Waals surface area contributed by atoms with Crippen molar-refractivity contribution in [1.29, 1.82) is 0 Å². The number of anilines is 1. The van der Waals surface area contributed by atoms with Gasteiger partial charge in [0.25, 0.3) is 11.2 Å². The lowest BCUT2D eigenvalue weighted by Gasteiger charge is -2.08. The maximum absolute atomic E-state index is 12.0. The highest BCUT2D eigenvalue weighted by atomic mass is 35.5. The molecule has 9 heteroatoms. The zero-order valence-corrected chi connectivity index (χ0v) is 12.9. The maximum Gasteiger partial charge on any atom is 0.292 e. The largest absolute Gasteiger partial charge is 0.319 e. The molecule has 0 aliphatic rings. The number of halogens is 1. The Morgan fingerprint density at radius 2 is 2.17 bits per heavy atom. The molecular weight excluding hydrogens is 324 g/mol. The van der Waals surface area contributed by atoms with Gasteiger partial charge in [-0.25, -0.2) is 4.98 Å². The molecule has 1 heterocycles. The van der Waals surface area contributed by atoms with Crippen LogP contribution in [0.15, 0.2) is 35.4 Å². The highest BCUT2D eigenvalue weighted by Gasteiger charge is 2.16. The highest BCUT2D eigenvalue weighted by molar-refractivity contribution is 6.31. The van der Waals surface area contributed by atoms with E-state index < -0.39 is 10.8 Å². The number of hydrogen-bond acceptors (Lipinski definition) is 5. The summed E-state index contributed by atoms with van der Waals surface area (Å²) in [6, 6.07) is 5.17. The average Bonchev–Trinajstić information content (AvgIpc) is 2.49. The molecule has 2 aromatic rings.